The molecule has 0 bridgehead atoms. The van der Waals surface area contributed by atoms with Crippen molar-refractivity contribution in [1.82, 2.24) is 29.9 Å². The number of rotatable bonds is 9. The summed E-state index contributed by atoms with van der Waals surface area (Å²) in [5.41, 5.74) is -1.54. The van der Waals surface area contributed by atoms with Crippen molar-refractivity contribution < 1.29 is 22.7 Å². The molecular weight excluding hydrogens is 484 g/mol. The minimum atomic E-state index is -3.84. The molecule has 1 atom stereocenters. The molecule has 2 saturated heterocycles. The van der Waals surface area contributed by atoms with Crippen LogP contribution in [0, 0.1) is 0 Å². The summed E-state index contributed by atoms with van der Waals surface area (Å²) in [7, 11) is -3.84. The van der Waals surface area contributed by atoms with Crippen molar-refractivity contribution in [2.75, 3.05) is 18.8 Å². The van der Waals surface area contributed by atoms with Crippen molar-refractivity contribution >= 4 is 33.6 Å². The molecule has 182 valence electrons. The van der Waals surface area contributed by atoms with Crippen molar-refractivity contribution in [3.05, 3.63) is 47.6 Å². The second kappa shape index (κ2) is 10.2. The molecule has 4 rings (SSSR count). The van der Waals surface area contributed by atoms with Crippen LogP contribution in [0.25, 0.3) is 0 Å². The number of carbonyl (C=O) groups excluding carboxylic acids is 2. The minimum Gasteiger partial charge on any atom is -0.474 e. The van der Waals surface area contributed by atoms with E-state index in [0.717, 1.165) is 0 Å². The summed E-state index contributed by atoms with van der Waals surface area (Å²) >= 11 is 5.83. The lowest BCUT2D eigenvalue weighted by atomic mass is 9.95. The molecular formula is C21H25ClN6O5S. The number of ether oxygens (including phenoxy) is 1. The number of carbonyl (C=O) groups is 2. The second-order valence-electron chi connectivity index (χ2n) is 8.30. The number of halogens is 1. The topological polar surface area (TPSA) is 143 Å². The average molecular weight is 509 g/mol. The number of hydrogen-bond donors (Lipinski definition) is 2. The Hall–Kier alpha value is -2.83. The van der Waals surface area contributed by atoms with Gasteiger partial charge in [-0.1, -0.05) is 11.6 Å². The first-order valence-electron chi connectivity index (χ1n) is 10.9. The SMILES string of the molecule is O=C1NC(=O)[C@](CCCc2ncccn2)(CS(=O)(=O)N2CCC(Oc3ccc(Cl)cn3)CC2)N1. The van der Waals surface area contributed by atoms with E-state index < -0.39 is 33.3 Å². The lowest BCUT2D eigenvalue weighted by Crippen LogP contribution is -2.55. The Morgan fingerprint density at radius 3 is 2.50 bits per heavy atom. The van der Waals surface area contributed by atoms with Crippen molar-refractivity contribution in [1.29, 1.82) is 0 Å². The number of urea groups is 1. The van der Waals surface area contributed by atoms with Gasteiger partial charge >= 0.3 is 6.03 Å². The number of aromatic nitrogens is 3. The van der Waals surface area contributed by atoms with E-state index in [2.05, 4.69) is 25.6 Å². The van der Waals surface area contributed by atoms with E-state index in [1.165, 1.54) is 10.5 Å². The summed E-state index contributed by atoms with van der Waals surface area (Å²) in [6, 6.07) is 4.34. The van der Waals surface area contributed by atoms with Crippen molar-refractivity contribution in [3.63, 3.8) is 0 Å². The summed E-state index contributed by atoms with van der Waals surface area (Å²) in [5, 5.41) is 5.24. The van der Waals surface area contributed by atoms with Gasteiger partial charge in [-0.2, -0.15) is 0 Å². The highest BCUT2D eigenvalue weighted by atomic mass is 35.5. The molecule has 2 aliphatic heterocycles. The van der Waals surface area contributed by atoms with E-state index >= 15 is 0 Å². The summed E-state index contributed by atoms with van der Waals surface area (Å²) in [5.74, 6) is -0.140. The zero-order valence-corrected chi connectivity index (χ0v) is 19.9. The quantitative estimate of drug-likeness (QED) is 0.482. The molecule has 3 amide bonds. The van der Waals surface area contributed by atoms with Crippen LogP contribution in [0.15, 0.2) is 36.8 Å². The monoisotopic (exact) mass is 508 g/mol. The first-order valence-corrected chi connectivity index (χ1v) is 12.9. The Bertz CT molecular complexity index is 1130. The lowest BCUT2D eigenvalue weighted by Gasteiger charge is -2.34. The zero-order valence-electron chi connectivity index (χ0n) is 18.3. The number of piperidine rings is 1. The number of imide groups is 1. The molecule has 13 heteroatoms. The maximum atomic E-state index is 13.2. The van der Waals surface area contributed by atoms with Crippen LogP contribution in [0.3, 0.4) is 0 Å². The highest BCUT2D eigenvalue weighted by molar-refractivity contribution is 7.89. The van der Waals surface area contributed by atoms with Gasteiger partial charge in [0.2, 0.25) is 15.9 Å². The summed E-state index contributed by atoms with van der Waals surface area (Å²) < 4.78 is 33.6. The predicted molar refractivity (Wildman–Crippen MR) is 123 cm³/mol. The number of aryl methyl sites for hydroxylation is 1. The van der Waals surface area contributed by atoms with Crippen molar-refractivity contribution in [3.8, 4) is 5.88 Å². The van der Waals surface area contributed by atoms with Gasteiger partial charge in [0, 0.05) is 44.2 Å². The number of sulfonamides is 1. The van der Waals surface area contributed by atoms with Crippen LogP contribution in [0.4, 0.5) is 4.79 Å². The van der Waals surface area contributed by atoms with Gasteiger partial charge in [0.25, 0.3) is 5.91 Å². The second-order valence-corrected chi connectivity index (χ2v) is 10.7. The van der Waals surface area contributed by atoms with Crippen molar-refractivity contribution in [2.24, 2.45) is 0 Å². The predicted octanol–water partition coefficient (Wildman–Crippen LogP) is 1.30. The lowest BCUT2D eigenvalue weighted by molar-refractivity contribution is -0.123. The standard InChI is InChI=1S/C21H25ClN6O5S/c22-15-4-5-18(25-13-15)33-16-6-11-28(12-7-16)34(31,32)14-21(19(29)26-20(30)27-21)8-1-3-17-23-9-2-10-24-17/h2,4-5,9-10,13,16H,1,3,6-8,11-12,14H2,(H2,26,27,29,30)/t21-/m0/s1. The normalized spacial score (nSPS) is 21.8. The number of amides is 3. The Morgan fingerprint density at radius 2 is 1.88 bits per heavy atom. The molecule has 0 unspecified atom stereocenters. The van der Waals surface area contributed by atoms with E-state index in [9.17, 15) is 18.0 Å². The molecule has 2 fully saturated rings. The molecule has 2 aliphatic rings. The van der Waals surface area contributed by atoms with Gasteiger partial charge < -0.3 is 10.1 Å². The van der Waals surface area contributed by atoms with Gasteiger partial charge in [-0.15, -0.1) is 0 Å². The maximum Gasteiger partial charge on any atom is 0.322 e. The highest BCUT2D eigenvalue weighted by Crippen LogP contribution is 2.26. The molecule has 0 aliphatic carbocycles. The summed E-state index contributed by atoms with van der Waals surface area (Å²) in [6.07, 6.45) is 6.50. The van der Waals surface area contributed by atoms with Gasteiger partial charge in [-0.25, -0.2) is 32.5 Å². The Labute approximate surface area is 202 Å². The first kappa shape index (κ1) is 24.3. The third-order valence-electron chi connectivity index (χ3n) is 5.85. The first-order chi connectivity index (χ1) is 16.3. The molecule has 34 heavy (non-hydrogen) atoms. The van der Waals surface area contributed by atoms with Crippen LogP contribution < -0.4 is 15.4 Å². The van der Waals surface area contributed by atoms with Gasteiger partial charge in [-0.3, -0.25) is 10.1 Å². The third kappa shape index (κ3) is 5.80. The maximum absolute atomic E-state index is 13.2. The van der Waals surface area contributed by atoms with Crippen molar-refractivity contribution in [2.45, 2.75) is 43.7 Å². The van der Waals surface area contributed by atoms with Crippen LogP contribution in [0.2, 0.25) is 5.02 Å². The molecule has 2 N–H and O–H groups in total. The fraction of sp³-hybridized carbons (Fsp3) is 0.476. The summed E-state index contributed by atoms with van der Waals surface area (Å²) in [6.45, 7) is 0.480. The van der Waals surface area contributed by atoms with Crippen LogP contribution >= 0.6 is 11.6 Å². The fourth-order valence-corrected chi connectivity index (χ4v) is 6.15. The van der Waals surface area contributed by atoms with E-state index in [4.69, 9.17) is 16.3 Å². The largest absolute Gasteiger partial charge is 0.474 e. The zero-order chi connectivity index (χ0) is 24.2. The number of nitrogens with zero attached hydrogens (tertiary/aromatic N) is 4. The Balaban J connectivity index is 1.37. The average Bonchev–Trinajstić information content (AvgIpc) is 3.08. The molecule has 2 aromatic heterocycles. The Morgan fingerprint density at radius 1 is 1.15 bits per heavy atom. The number of nitrogens with one attached hydrogen (secondary N) is 2. The Kier molecular flexibility index (Phi) is 7.29. The fourth-order valence-electron chi connectivity index (χ4n) is 4.12. The van der Waals surface area contributed by atoms with E-state index in [1.807, 2.05) is 0 Å². The van der Waals surface area contributed by atoms with E-state index in [1.54, 1.807) is 30.6 Å². The van der Waals surface area contributed by atoms with Crippen LogP contribution in [0.1, 0.15) is 31.5 Å². The molecule has 0 radical (unpaired) electrons. The minimum absolute atomic E-state index is 0.143. The van der Waals surface area contributed by atoms with Gasteiger partial charge in [-0.05, 0) is 37.8 Å². The number of hydrogen-bond acceptors (Lipinski definition) is 8. The highest BCUT2D eigenvalue weighted by Gasteiger charge is 2.50. The third-order valence-corrected chi connectivity index (χ3v) is 8.08. The van der Waals surface area contributed by atoms with E-state index in [0.29, 0.717) is 42.4 Å². The molecule has 11 nitrogen and oxygen atoms in total. The number of pyridine rings is 1. The van der Waals surface area contributed by atoms with E-state index in [-0.39, 0.29) is 25.6 Å². The van der Waals surface area contributed by atoms with Gasteiger partial charge in [0.15, 0.2) is 0 Å². The van der Waals surface area contributed by atoms with Crippen LogP contribution in [0.5, 0.6) is 5.88 Å². The van der Waals surface area contributed by atoms with Gasteiger partial charge in [0.05, 0.1) is 10.8 Å². The van der Waals surface area contributed by atoms with Crippen LogP contribution in [-0.2, 0) is 21.2 Å². The molecule has 2 aromatic rings. The summed E-state index contributed by atoms with van der Waals surface area (Å²) in [4.78, 5) is 36.9. The molecule has 0 aromatic carbocycles. The smallest absolute Gasteiger partial charge is 0.322 e. The molecule has 0 spiro atoms. The van der Waals surface area contributed by atoms with Gasteiger partial charge in [0.1, 0.15) is 17.5 Å². The molecule has 4 heterocycles. The molecule has 0 saturated carbocycles. The van der Waals surface area contributed by atoms with Crippen LogP contribution in [-0.4, -0.2) is 70.1 Å².